The molecule has 92 valence electrons. The van der Waals surface area contributed by atoms with Crippen LogP contribution < -0.4 is 5.32 Å². The Hall–Kier alpha value is -0.0800. The minimum atomic E-state index is -0.0281. The van der Waals surface area contributed by atoms with E-state index in [1.165, 1.54) is 12.8 Å². The first-order chi connectivity index (χ1) is 6.94. The normalized spacial score (nSPS) is 14.6. The first kappa shape index (κ1) is 14.9. The molecule has 1 N–H and O–H groups in total. The number of likely N-dealkylation sites (N-methyl/N-ethyl adjacent to an activating group) is 1. The Bertz CT molecular complexity index is 147. The van der Waals surface area contributed by atoms with Crippen molar-refractivity contribution in [3.05, 3.63) is 0 Å². The number of nitrogens with one attached hydrogen (secondary N) is 1. The van der Waals surface area contributed by atoms with Crippen LogP contribution in [0.4, 0.5) is 0 Å². The molecule has 0 saturated carbocycles. The molecule has 0 aromatic heterocycles. The molecule has 0 fully saturated rings. The highest BCUT2D eigenvalue weighted by Gasteiger charge is 2.20. The largest absolute Gasteiger partial charge is 0.374 e. The Morgan fingerprint density at radius 3 is 1.93 bits per heavy atom. The zero-order valence-corrected chi connectivity index (χ0v) is 11.4. The molecule has 0 bridgehead atoms. The van der Waals surface area contributed by atoms with Crippen LogP contribution in [0.3, 0.4) is 0 Å². The monoisotopic (exact) mass is 215 g/mol. The SMILES string of the molecule is CCNC(COC(C)(C)C)C(CC)CC. The zero-order chi connectivity index (χ0) is 11.9. The number of ether oxygens (including phenoxy) is 1. The van der Waals surface area contributed by atoms with Crippen LogP contribution in [-0.2, 0) is 4.74 Å². The van der Waals surface area contributed by atoms with E-state index >= 15 is 0 Å². The van der Waals surface area contributed by atoms with Gasteiger partial charge in [0, 0.05) is 6.04 Å². The second-order valence-electron chi connectivity index (χ2n) is 5.16. The topological polar surface area (TPSA) is 21.3 Å². The van der Waals surface area contributed by atoms with Gasteiger partial charge < -0.3 is 10.1 Å². The maximum atomic E-state index is 5.87. The van der Waals surface area contributed by atoms with Gasteiger partial charge in [-0.15, -0.1) is 0 Å². The summed E-state index contributed by atoms with van der Waals surface area (Å²) in [6.45, 7) is 14.9. The summed E-state index contributed by atoms with van der Waals surface area (Å²) < 4.78 is 5.87. The minimum Gasteiger partial charge on any atom is -0.374 e. The molecule has 0 amide bonds. The average molecular weight is 215 g/mol. The van der Waals surface area contributed by atoms with E-state index in [0.29, 0.717) is 6.04 Å². The van der Waals surface area contributed by atoms with Crippen LogP contribution in [-0.4, -0.2) is 24.8 Å². The van der Waals surface area contributed by atoms with Crippen LogP contribution in [0.25, 0.3) is 0 Å². The molecule has 0 aliphatic rings. The molecule has 0 spiro atoms. The second kappa shape index (κ2) is 7.24. The summed E-state index contributed by atoms with van der Waals surface area (Å²) in [5.41, 5.74) is -0.0281. The lowest BCUT2D eigenvalue weighted by Crippen LogP contribution is -2.41. The van der Waals surface area contributed by atoms with E-state index in [4.69, 9.17) is 4.74 Å². The van der Waals surface area contributed by atoms with E-state index in [-0.39, 0.29) is 5.60 Å². The Balaban J connectivity index is 4.13. The summed E-state index contributed by atoms with van der Waals surface area (Å²) >= 11 is 0. The van der Waals surface area contributed by atoms with Gasteiger partial charge in [-0.05, 0) is 33.2 Å². The predicted molar refractivity (Wildman–Crippen MR) is 67.2 cm³/mol. The van der Waals surface area contributed by atoms with Crippen LogP contribution in [0.5, 0.6) is 0 Å². The van der Waals surface area contributed by atoms with Gasteiger partial charge in [-0.25, -0.2) is 0 Å². The van der Waals surface area contributed by atoms with Crippen molar-refractivity contribution in [3.63, 3.8) is 0 Å². The Labute approximate surface area is 95.8 Å². The highest BCUT2D eigenvalue weighted by Crippen LogP contribution is 2.16. The number of hydrogen-bond donors (Lipinski definition) is 1. The van der Waals surface area contributed by atoms with E-state index < -0.39 is 0 Å². The molecule has 0 aromatic rings. The van der Waals surface area contributed by atoms with Crippen molar-refractivity contribution in [3.8, 4) is 0 Å². The maximum absolute atomic E-state index is 5.87. The van der Waals surface area contributed by atoms with Crippen molar-refractivity contribution in [2.24, 2.45) is 5.92 Å². The van der Waals surface area contributed by atoms with Gasteiger partial charge in [0.15, 0.2) is 0 Å². The van der Waals surface area contributed by atoms with Crippen molar-refractivity contribution in [2.45, 2.75) is 66.0 Å². The predicted octanol–water partition coefficient (Wildman–Crippen LogP) is 3.22. The second-order valence-corrected chi connectivity index (χ2v) is 5.16. The molecule has 1 unspecified atom stereocenters. The fraction of sp³-hybridized carbons (Fsp3) is 1.00. The maximum Gasteiger partial charge on any atom is 0.0629 e. The van der Waals surface area contributed by atoms with Crippen molar-refractivity contribution in [2.75, 3.05) is 13.2 Å². The third-order valence-electron chi connectivity index (χ3n) is 2.78. The van der Waals surface area contributed by atoms with Gasteiger partial charge in [0.2, 0.25) is 0 Å². The highest BCUT2D eigenvalue weighted by atomic mass is 16.5. The molecule has 0 radical (unpaired) electrons. The molecular weight excluding hydrogens is 186 g/mol. The summed E-state index contributed by atoms with van der Waals surface area (Å²) in [6, 6.07) is 0.504. The molecule has 15 heavy (non-hydrogen) atoms. The van der Waals surface area contributed by atoms with E-state index in [1.54, 1.807) is 0 Å². The lowest BCUT2D eigenvalue weighted by molar-refractivity contribution is -0.0225. The third-order valence-corrected chi connectivity index (χ3v) is 2.78. The number of hydrogen-bond acceptors (Lipinski definition) is 2. The molecule has 0 saturated heterocycles. The molecule has 0 aliphatic heterocycles. The van der Waals surface area contributed by atoms with Crippen LogP contribution in [0, 0.1) is 5.92 Å². The van der Waals surface area contributed by atoms with Crippen LogP contribution in [0.2, 0.25) is 0 Å². The van der Waals surface area contributed by atoms with Gasteiger partial charge in [-0.1, -0.05) is 33.6 Å². The minimum absolute atomic E-state index is 0.0281. The summed E-state index contributed by atoms with van der Waals surface area (Å²) in [4.78, 5) is 0. The van der Waals surface area contributed by atoms with Gasteiger partial charge >= 0.3 is 0 Å². The lowest BCUT2D eigenvalue weighted by Gasteiger charge is -2.29. The van der Waals surface area contributed by atoms with Gasteiger partial charge in [-0.3, -0.25) is 0 Å². The molecule has 2 nitrogen and oxygen atoms in total. The summed E-state index contributed by atoms with van der Waals surface area (Å²) in [5, 5.41) is 3.53. The van der Waals surface area contributed by atoms with E-state index in [0.717, 1.165) is 19.1 Å². The Kier molecular flexibility index (Phi) is 7.20. The van der Waals surface area contributed by atoms with E-state index in [2.05, 4.69) is 46.9 Å². The fourth-order valence-corrected chi connectivity index (χ4v) is 1.82. The third kappa shape index (κ3) is 6.91. The number of rotatable bonds is 7. The zero-order valence-electron chi connectivity index (χ0n) is 11.4. The molecular formula is C13H29NO. The fourth-order valence-electron chi connectivity index (χ4n) is 1.82. The summed E-state index contributed by atoms with van der Waals surface area (Å²) in [6.07, 6.45) is 2.45. The van der Waals surface area contributed by atoms with E-state index in [1.807, 2.05) is 0 Å². The Morgan fingerprint density at radius 1 is 1.07 bits per heavy atom. The van der Waals surface area contributed by atoms with Crippen LogP contribution in [0.1, 0.15) is 54.4 Å². The first-order valence-electron chi connectivity index (χ1n) is 6.31. The van der Waals surface area contributed by atoms with Crippen LogP contribution in [0.15, 0.2) is 0 Å². The standard InChI is InChI=1S/C13H29NO/c1-7-11(8-2)12(14-9-3)10-15-13(4,5)6/h11-12,14H,7-10H2,1-6H3. The van der Waals surface area contributed by atoms with Crippen LogP contribution >= 0.6 is 0 Å². The van der Waals surface area contributed by atoms with Gasteiger partial charge in [0.1, 0.15) is 0 Å². The summed E-state index contributed by atoms with van der Waals surface area (Å²) in [7, 11) is 0. The highest BCUT2D eigenvalue weighted by molar-refractivity contribution is 4.75. The van der Waals surface area contributed by atoms with Gasteiger partial charge in [-0.2, -0.15) is 0 Å². The van der Waals surface area contributed by atoms with Crippen molar-refractivity contribution < 1.29 is 4.74 Å². The van der Waals surface area contributed by atoms with Gasteiger partial charge in [0.25, 0.3) is 0 Å². The molecule has 1 atom stereocenters. The smallest absolute Gasteiger partial charge is 0.0629 e. The Morgan fingerprint density at radius 2 is 1.60 bits per heavy atom. The molecule has 2 heteroatoms. The lowest BCUT2D eigenvalue weighted by atomic mass is 9.94. The molecule has 0 heterocycles. The van der Waals surface area contributed by atoms with Crippen molar-refractivity contribution in [1.82, 2.24) is 5.32 Å². The molecule has 0 rings (SSSR count). The summed E-state index contributed by atoms with van der Waals surface area (Å²) in [5.74, 6) is 0.729. The molecule has 0 aliphatic carbocycles. The van der Waals surface area contributed by atoms with E-state index in [9.17, 15) is 0 Å². The quantitative estimate of drug-likeness (QED) is 0.704. The van der Waals surface area contributed by atoms with Crippen molar-refractivity contribution >= 4 is 0 Å². The average Bonchev–Trinajstić information content (AvgIpc) is 2.14. The van der Waals surface area contributed by atoms with Crippen molar-refractivity contribution in [1.29, 1.82) is 0 Å². The van der Waals surface area contributed by atoms with Gasteiger partial charge in [0.05, 0.1) is 12.2 Å². The first-order valence-corrected chi connectivity index (χ1v) is 6.31. The molecule has 0 aromatic carbocycles.